The zero-order chi connectivity index (χ0) is 26.4. The minimum absolute atomic E-state index is 0.0348. The second-order valence-corrected chi connectivity index (χ2v) is 11.5. The molecule has 3 amide bonds. The van der Waals surface area contributed by atoms with Crippen LogP contribution in [-0.4, -0.2) is 69.1 Å². The summed E-state index contributed by atoms with van der Waals surface area (Å²) in [6, 6.07) is 11.6. The monoisotopic (exact) mass is 533 g/mol. The van der Waals surface area contributed by atoms with E-state index in [0.717, 1.165) is 49.3 Å². The number of hydrogen-bond donors (Lipinski definition) is 2. The number of H-pyrrole nitrogens is 1. The van der Waals surface area contributed by atoms with Crippen molar-refractivity contribution in [3.8, 4) is 0 Å². The van der Waals surface area contributed by atoms with Gasteiger partial charge in [-0.2, -0.15) is 5.10 Å². The number of para-hydroxylation sites is 1. The van der Waals surface area contributed by atoms with Crippen LogP contribution >= 0.6 is 11.6 Å². The van der Waals surface area contributed by atoms with Crippen molar-refractivity contribution in [1.82, 2.24) is 25.0 Å². The summed E-state index contributed by atoms with van der Waals surface area (Å²) in [7, 11) is 0. The molecule has 3 aliphatic rings. The molecule has 0 aliphatic carbocycles. The molecule has 0 unspecified atom stereocenters. The van der Waals surface area contributed by atoms with Crippen molar-refractivity contribution >= 4 is 35.0 Å². The molecular formula is C28H32ClN7O2. The molecule has 9 nitrogen and oxygen atoms in total. The molecule has 0 atom stereocenters. The lowest BCUT2D eigenvalue weighted by atomic mass is 9.83. The molecule has 1 fully saturated rings. The number of piperidine rings is 1. The number of benzene rings is 1. The third-order valence-electron chi connectivity index (χ3n) is 8.03. The molecule has 198 valence electrons. The molecule has 0 saturated carbocycles. The Labute approximate surface area is 227 Å². The van der Waals surface area contributed by atoms with Crippen LogP contribution in [0.3, 0.4) is 0 Å². The Morgan fingerprint density at radius 2 is 1.89 bits per heavy atom. The van der Waals surface area contributed by atoms with Gasteiger partial charge in [0.2, 0.25) is 0 Å². The quantitative estimate of drug-likeness (QED) is 0.485. The number of aromatic amines is 1. The van der Waals surface area contributed by atoms with Gasteiger partial charge in [0.05, 0.1) is 6.20 Å². The molecule has 1 saturated heterocycles. The van der Waals surface area contributed by atoms with Gasteiger partial charge < -0.3 is 20.0 Å². The van der Waals surface area contributed by atoms with E-state index >= 15 is 0 Å². The molecule has 1 aromatic carbocycles. The van der Waals surface area contributed by atoms with Crippen molar-refractivity contribution < 1.29 is 9.59 Å². The van der Waals surface area contributed by atoms with E-state index in [1.165, 1.54) is 5.56 Å². The van der Waals surface area contributed by atoms with Gasteiger partial charge in [-0.25, -0.2) is 9.78 Å². The standard InChI is InChI=1S/C28H32ClN7O2/c1-28(2)17-35(16-20-15-30-33-25(20)28)26(37)19-13-23(29)32-24(14-19)34-10-8-21(9-11-34)36-12-7-18-5-3-4-6-22(18)31-27(36)38/h3-6,13-15,21H,7-12,16-17H2,1-2H3,(H,30,33)(H,31,38). The van der Waals surface area contributed by atoms with E-state index in [1.807, 2.05) is 34.1 Å². The summed E-state index contributed by atoms with van der Waals surface area (Å²) in [5.41, 5.74) is 4.51. The summed E-state index contributed by atoms with van der Waals surface area (Å²) >= 11 is 6.42. The second kappa shape index (κ2) is 9.62. The zero-order valence-electron chi connectivity index (χ0n) is 21.7. The lowest BCUT2D eigenvalue weighted by Crippen LogP contribution is -2.49. The van der Waals surface area contributed by atoms with E-state index in [-0.39, 0.29) is 23.4 Å². The topological polar surface area (TPSA) is 97.5 Å². The number of aromatic nitrogens is 3. The fourth-order valence-electron chi connectivity index (χ4n) is 6.07. The van der Waals surface area contributed by atoms with E-state index in [1.54, 1.807) is 12.3 Å². The predicted octanol–water partition coefficient (Wildman–Crippen LogP) is 4.45. The fourth-order valence-corrected chi connectivity index (χ4v) is 6.28. The summed E-state index contributed by atoms with van der Waals surface area (Å²) in [5.74, 6) is 0.637. The number of halogens is 1. The Morgan fingerprint density at radius 3 is 2.71 bits per heavy atom. The van der Waals surface area contributed by atoms with Gasteiger partial charge in [0.25, 0.3) is 5.91 Å². The van der Waals surface area contributed by atoms with Crippen LogP contribution in [0, 0.1) is 0 Å². The Hall–Kier alpha value is -3.59. The molecule has 10 heteroatoms. The molecule has 3 aromatic rings. The zero-order valence-corrected chi connectivity index (χ0v) is 22.5. The minimum atomic E-state index is -0.220. The summed E-state index contributed by atoms with van der Waals surface area (Å²) < 4.78 is 0. The smallest absolute Gasteiger partial charge is 0.322 e. The molecule has 0 radical (unpaired) electrons. The van der Waals surface area contributed by atoms with Crippen LogP contribution in [0.2, 0.25) is 5.15 Å². The summed E-state index contributed by atoms with van der Waals surface area (Å²) in [6.45, 7) is 7.49. The van der Waals surface area contributed by atoms with Crippen LogP contribution in [-0.2, 0) is 18.4 Å². The van der Waals surface area contributed by atoms with Crippen molar-refractivity contribution in [3.63, 3.8) is 0 Å². The number of carbonyl (C=O) groups excluding carboxylic acids is 2. The molecule has 2 N–H and O–H groups in total. The van der Waals surface area contributed by atoms with Crippen molar-refractivity contribution in [2.75, 3.05) is 36.4 Å². The number of pyridine rings is 1. The van der Waals surface area contributed by atoms with Gasteiger partial charge in [0.15, 0.2) is 0 Å². The van der Waals surface area contributed by atoms with Crippen LogP contribution in [0.15, 0.2) is 42.6 Å². The highest BCUT2D eigenvalue weighted by molar-refractivity contribution is 6.30. The van der Waals surface area contributed by atoms with E-state index in [4.69, 9.17) is 11.6 Å². The summed E-state index contributed by atoms with van der Waals surface area (Å²) in [4.78, 5) is 37.1. The van der Waals surface area contributed by atoms with E-state index in [9.17, 15) is 9.59 Å². The maximum absolute atomic E-state index is 13.6. The average molecular weight is 534 g/mol. The molecule has 6 rings (SSSR count). The lowest BCUT2D eigenvalue weighted by molar-refractivity contribution is 0.0684. The van der Waals surface area contributed by atoms with Crippen LogP contribution in [0.5, 0.6) is 0 Å². The Balaban J connectivity index is 1.14. The van der Waals surface area contributed by atoms with Gasteiger partial charge in [-0.05, 0) is 43.0 Å². The largest absolute Gasteiger partial charge is 0.356 e. The van der Waals surface area contributed by atoms with Crippen molar-refractivity contribution in [3.05, 3.63) is 70.1 Å². The highest BCUT2D eigenvalue weighted by Gasteiger charge is 2.36. The number of fused-ring (bicyclic) bond motifs is 2. The van der Waals surface area contributed by atoms with Crippen LogP contribution in [0.4, 0.5) is 16.3 Å². The van der Waals surface area contributed by atoms with Gasteiger partial charge in [-0.3, -0.25) is 9.89 Å². The SMILES string of the molecule is CC1(C)CN(C(=O)c2cc(Cl)nc(N3CCC(N4CCc5ccccc5NC4=O)CC3)c2)Cc2cn[nH]c21. The van der Waals surface area contributed by atoms with Crippen LogP contribution in [0.1, 0.15) is 53.9 Å². The fraction of sp³-hybridized carbons (Fsp3) is 0.429. The van der Waals surface area contributed by atoms with E-state index in [0.29, 0.717) is 36.2 Å². The maximum atomic E-state index is 13.6. The number of carbonyl (C=O) groups is 2. The third-order valence-corrected chi connectivity index (χ3v) is 8.22. The molecule has 2 aromatic heterocycles. The number of anilines is 2. The van der Waals surface area contributed by atoms with Gasteiger partial charge in [-0.1, -0.05) is 43.6 Å². The lowest BCUT2D eigenvalue weighted by Gasteiger charge is -2.39. The summed E-state index contributed by atoms with van der Waals surface area (Å²) in [5, 5.41) is 10.7. The van der Waals surface area contributed by atoms with Gasteiger partial charge in [-0.15, -0.1) is 0 Å². The molecular weight excluding hydrogens is 502 g/mol. The first kappa shape index (κ1) is 24.7. The maximum Gasteiger partial charge on any atom is 0.322 e. The highest BCUT2D eigenvalue weighted by Crippen LogP contribution is 2.33. The normalized spacial score (nSPS) is 19.4. The Bertz CT molecular complexity index is 1380. The number of rotatable bonds is 3. The third kappa shape index (κ3) is 4.60. The second-order valence-electron chi connectivity index (χ2n) is 11.1. The van der Waals surface area contributed by atoms with Crippen LogP contribution in [0.25, 0.3) is 0 Å². The summed E-state index contributed by atoms with van der Waals surface area (Å²) in [6.07, 6.45) is 4.29. The molecule has 0 bridgehead atoms. The molecule has 3 aliphatic heterocycles. The number of amides is 3. The van der Waals surface area contributed by atoms with Crippen molar-refractivity contribution in [1.29, 1.82) is 0 Å². The number of urea groups is 1. The van der Waals surface area contributed by atoms with Crippen molar-refractivity contribution in [2.24, 2.45) is 0 Å². The highest BCUT2D eigenvalue weighted by atomic mass is 35.5. The number of hydrogen-bond acceptors (Lipinski definition) is 5. The Kier molecular flexibility index (Phi) is 6.26. The van der Waals surface area contributed by atoms with Gasteiger partial charge >= 0.3 is 6.03 Å². The first-order valence-corrected chi connectivity index (χ1v) is 13.6. The van der Waals surface area contributed by atoms with Crippen LogP contribution < -0.4 is 10.2 Å². The van der Waals surface area contributed by atoms with Gasteiger partial charge in [0, 0.05) is 66.7 Å². The number of nitrogens with one attached hydrogen (secondary N) is 2. The first-order valence-electron chi connectivity index (χ1n) is 13.2. The van der Waals surface area contributed by atoms with E-state index in [2.05, 4.69) is 45.3 Å². The van der Waals surface area contributed by atoms with E-state index < -0.39 is 0 Å². The average Bonchev–Trinajstić information content (AvgIpc) is 3.32. The molecule has 38 heavy (non-hydrogen) atoms. The van der Waals surface area contributed by atoms with Crippen molar-refractivity contribution in [2.45, 2.75) is 51.1 Å². The molecule has 0 spiro atoms. The molecule has 5 heterocycles. The first-order chi connectivity index (χ1) is 18.3. The minimum Gasteiger partial charge on any atom is -0.356 e. The Morgan fingerprint density at radius 1 is 1.11 bits per heavy atom. The van der Waals surface area contributed by atoms with Gasteiger partial charge in [0.1, 0.15) is 11.0 Å². The predicted molar refractivity (Wildman–Crippen MR) is 147 cm³/mol. The number of nitrogens with zero attached hydrogens (tertiary/aromatic N) is 5.